The van der Waals surface area contributed by atoms with Crippen LogP contribution in [0.2, 0.25) is 10.2 Å². The maximum atomic E-state index is 6.06. The first-order valence-corrected chi connectivity index (χ1v) is 8.36. The fraction of sp³-hybridized carbons (Fsp3) is 0.429. The van der Waals surface area contributed by atoms with Crippen LogP contribution in [0.4, 0.5) is 0 Å². The van der Waals surface area contributed by atoms with Crippen molar-refractivity contribution in [3.8, 4) is 0 Å². The topological polar surface area (TPSA) is 54.2 Å². The third-order valence-corrected chi connectivity index (χ3v) is 5.27. The van der Waals surface area contributed by atoms with Crippen molar-refractivity contribution in [1.29, 1.82) is 0 Å². The van der Waals surface area contributed by atoms with E-state index in [0.29, 0.717) is 29.2 Å². The van der Waals surface area contributed by atoms with Crippen molar-refractivity contribution in [2.45, 2.75) is 26.9 Å². The Hall–Kier alpha value is -1.24. The van der Waals surface area contributed by atoms with Crippen LogP contribution in [-0.4, -0.2) is 22.6 Å². The average Bonchev–Trinajstić information content (AvgIpc) is 2.94. The van der Waals surface area contributed by atoms with Gasteiger partial charge in [-0.25, -0.2) is 4.98 Å². The number of hydrogen-bond donors (Lipinski definition) is 2. The molecule has 22 heavy (non-hydrogen) atoms. The molecule has 0 aliphatic carbocycles. The zero-order valence-corrected chi connectivity index (χ0v) is 15.3. The number of aromatic nitrogens is 2. The Morgan fingerprint density at radius 2 is 2.00 bits per heavy atom. The standard InChI is InChI=1S/C14H19Cl2N5S/c1-8-9(2)22-12(20-8)7-19-14(17-3)18-6-10-5-11(15)13(16)21(10)4/h5H,6-7H2,1-4H3,(H2,17,18,19). The third-order valence-electron chi connectivity index (χ3n) is 3.36. The molecular formula is C14H19Cl2N5S. The summed E-state index contributed by atoms with van der Waals surface area (Å²) in [6.07, 6.45) is 0. The van der Waals surface area contributed by atoms with Gasteiger partial charge < -0.3 is 15.2 Å². The molecule has 0 saturated carbocycles. The van der Waals surface area contributed by atoms with Crippen molar-refractivity contribution < 1.29 is 0 Å². The Labute approximate surface area is 144 Å². The van der Waals surface area contributed by atoms with Crippen LogP contribution in [0.25, 0.3) is 0 Å². The van der Waals surface area contributed by atoms with E-state index in [-0.39, 0.29) is 0 Å². The van der Waals surface area contributed by atoms with E-state index < -0.39 is 0 Å². The molecule has 0 radical (unpaired) electrons. The predicted molar refractivity (Wildman–Crippen MR) is 94.1 cm³/mol. The first-order chi connectivity index (χ1) is 10.4. The Kier molecular flexibility index (Phi) is 5.72. The predicted octanol–water partition coefficient (Wildman–Crippen LogP) is 3.27. The van der Waals surface area contributed by atoms with E-state index in [9.17, 15) is 0 Å². The van der Waals surface area contributed by atoms with E-state index in [1.807, 2.05) is 24.6 Å². The number of rotatable bonds is 4. The summed E-state index contributed by atoms with van der Waals surface area (Å²) in [5, 5.41) is 8.62. The molecule has 0 aliphatic rings. The van der Waals surface area contributed by atoms with E-state index in [0.717, 1.165) is 16.4 Å². The second-order valence-corrected chi connectivity index (χ2v) is 6.91. The Balaban J connectivity index is 1.91. The molecular weight excluding hydrogens is 341 g/mol. The highest BCUT2D eigenvalue weighted by atomic mass is 35.5. The van der Waals surface area contributed by atoms with E-state index in [4.69, 9.17) is 23.2 Å². The lowest BCUT2D eigenvalue weighted by Gasteiger charge is -2.11. The summed E-state index contributed by atoms with van der Waals surface area (Å²) in [4.78, 5) is 9.94. The average molecular weight is 360 g/mol. The lowest BCUT2D eigenvalue weighted by atomic mass is 10.4. The molecule has 120 valence electrons. The van der Waals surface area contributed by atoms with E-state index >= 15 is 0 Å². The molecule has 0 unspecified atom stereocenters. The minimum atomic E-state index is 0.537. The number of thiazole rings is 1. The highest BCUT2D eigenvalue weighted by Crippen LogP contribution is 2.24. The van der Waals surface area contributed by atoms with Gasteiger partial charge in [-0.2, -0.15) is 0 Å². The molecule has 8 heteroatoms. The summed E-state index contributed by atoms with van der Waals surface area (Å²) in [5.41, 5.74) is 2.07. The number of aryl methyl sites for hydroxylation is 2. The van der Waals surface area contributed by atoms with Crippen molar-refractivity contribution in [3.05, 3.63) is 37.5 Å². The SMILES string of the molecule is CN=C(NCc1nc(C)c(C)s1)NCc1cc(Cl)c(Cl)n1C. The molecule has 0 atom stereocenters. The van der Waals surface area contributed by atoms with E-state index in [1.165, 1.54) is 4.88 Å². The van der Waals surface area contributed by atoms with Gasteiger partial charge in [-0.05, 0) is 19.9 Å². The van der Waals surface area contributed by atoms with Crippen LogP contribution in [0.5, 0.6) is 0 Å². The Morgan fingerprint density at radius 1 is 1.32 bits per heavy atom. The first-order valence-electron chi connectivity index (χ1n) is 6.79. The molecule has 2 aromatic rings. The van der Waals surface area contributed by atoms with Crippen LogP contribution >= 0.6 is 34.5 Å². The fourth-order valence-electron chi connectivity index (χ4n) is 1.93. The summed E-state index contributed by atoms with van der Waals surface area (Å²) >= 11 is 13.8. The van der Waals surface area contributed by atoms with Crippen LogP contribution in [0.1, 0.15) is 21.3 Å². The normalized spacial score (nSPS) is 11.8. The lowest BCUT2D eigenvalue weighted by Crippen LogP contribution is -2.36. The smallest absolute Gasteiger partial charge is 0.191 e. The highest BCUT2D eigenvalue weighted by Gasteiger charge is 2.10. The largest absolute Gasteiger partial charge is 0.351 e. The monoisotopic (exact) mass is 359 g/mol. The van der Waals surface area contributed by atoms with Gasteiger partial charge in [-0.3, -0.25) is 4.99 Å². The van der Waals surface area contributed by atoms with Crippen molar-refractivity contribution in [3.63, 3.8) is 0 Å². The highest BCUT2D eigenvalue weighted by molar-refractivity contribution is 7.11. The van der Waals surface area contributed by atoms with Gasteiger partial charge in [0, 0.05) is 24.7 Å². The number of nitrogens with zero attached hydrogens (tertiary/aromatic N) is 3. The van der Waals surface area contributed by atoms with E-state index in [2.05, 4.69) is 27.5 Å². The third kappa shape index (κ3) is 3.94. The summed E-state index contributed by atoms with van der Waals surface area (Å²) < 4.78 is 1.84. The minimum Gasteiger partial charge on any atom is -0.351 e. The van der Waals surface area contributed by atoms with Gasteiger partial charge in [0.2, 0.25) is 0 Å². The van der Waals surface area contributed by atoms with Crippen LogP contribution in [0, 0.1) is 13.8 Å². The molecule has 2 aromatic heterocycles. The molecule has 0 amide bonds. The van der Waals surface area contributed by atoms with Gasteiger partial charge in [0.15, 0.2) is 5.96 Å². The van der Waals surface area contributed by atoms with Crippen molar-refractivity contribution in [2.24, 2.45) is 12.0 Å². The van der Waals surface area contributed by atoms with Gasteiger partial charge in [-0.1, -0.05) is 23.2 Å². The molecule has 2 heterocycles. The first kappa shape index (κ1) is 17.1. The fourth-order valence-corrected chi connectivity index (χ4v) is 3.22. The maximum Gasteiger partial charge on any atom is 0.191 e. The molecule has 0 fully saturated rings. The second kappa shape index (κ2) is 7.35. The maximum absolute atomic E-state index is 6.06. The van der Waals surface area contributed by atoms with E-state index in [1.54, 1.807) is 18.4 Å². The van der Waals surface area contributed by atoms with Crippen molar-refractivity contribution in [2.75, 3.05) is 7.05 Å². The van der Waals surface area contributed by atoms with Gasteiger partial charge >= 0.3 is 0 Å². The van der Waals surface area contributed by atoms with Gasteiger partial charge in [0.25, 0.3) is 0 Å². The number of halogens is 2. The number of nitrogens with one attached hydrogen (secondary N) is 2. The number of aliphatic imine (C=N–C) groups is 1. The van der Waals surface area contributed by atoms with Crippen molar-refractivity contribution in [1.82, 2.24) is 20.2 Å². The van der Waals surface area contributed by atoms with Crippen LogP contribution < -0.4 is 10.6 Å². The van der Waals surface area contributed by atoms with Crippen molar-refractivity contribution >= 4 is 40.5 Å². The number of guanidine groups is 1. The minimum absolute atomic E-state index is 0.537. The zero-order valence-electron chi connectivity index (χ0n) is 13.0. The van der Waals surface area contributed by atoms with Crippen LogP contribution in [0.15, 0.2) is 11.1 Å². The molecule has 0 spiro atoms. The summed E-state index contributed by atoms with van der Waals surface area (Å²) in [7, 11) is 3.61. The number of hydrogen-bond acceptors (Lipinski definition) is 3. The molecule has 0 aromatic carbocycles. The molecule has 2 rings (SSSR count). The molecule has 0 bridgehead atoms. The Bertz CT molecular complexity index is 670. The summed E-state index contributed by atoms with van der Waals surface area (Å²) in [6.45, 7) is 5.32. The van der Waals surface area contributed by atoms with Gasteiger partial charge in [0.05, 0.1) is 23.8 Å². The van der Waals surface area contributed by atoms with Crippen LogP contribution in [0.3, 0.4) is 0 Å². The van der Waals surface area contributed by atoms with Gasteiger partial charge in [0.1, 0.15) is 10.2 Å². The quantitative estimate of drug-likeness (QED) is 0.650. The zero-order chi connectivity index (χ0) is 16.3. The molecule has 5 nitrogen and oxygen atoms in total. The summed E-state index contributed by atoms with van der Waals surface area (Å²) in [6, 6.07) is 1.84. The second-order valence-electron chi connectivity index (χ2n) is 4.86. The molecule has 0 saturated heterocycles. The summed E-state index contributed by atoms with van der Waals surface area (Å²) in [5.74, 6) is 0.707. The molecule has 2 N–H and O–H groups in total. The van der Waals surface area contributed by atoms with Crippen LogP contribution in [-0.2, 0) is 20.1 Å². The lowest BCUT2D eigenvalue weighted by molar-refractivity contribution is 0.749. The molecule has 0 aliphatic heterocycles. The Morgan fingerprint density at radius 3 is 2.50 bits per heavy atom. The van der Waals surface area contributed by atoms with Gasteiger partial charge in [-0.15, -0.1) is 11.3 Å².